The highest BCUT2D eigenvalue weighted by atomic mass is 79.9. The van der Waals surface area contributed by atoms with Crippen LogP contribution in [0.4, 0.5) is 0 Å². The molecule has 0 aliphatic heterocycles. The Balaban J connectivity index is 2.23. The minimum absolute atomic E-state index is 0.505. The van der Waals surface area contributed by atoms with Crippen LogP contribution in [0.1, 0.15) is 31.2 Å². The Hall–Kier alpha value is -1.47. The molecule has 0 unspecified atom stereocenters. The average Bonchev–Trinajstić information content (AvgIpc) is 2.83. The van der Waals surface area contributed by atoms with Crippen LogP contribution in [0, 0.1) is 4.77 Å². The van der Waals surface area contributed by atoms with Crippen LogP contribution in [0.5, 0.6) is 5.75 Å². The Morgan fingerprint density at radius 2 is 2.33 bits per heavy atom. The molecule has 2 rings (SSSR count). The first-order chi connectivity index (χ1) is 10.2. The largest absolute Gasteiger partial charge is 0.496 e. The van der Waals surface area contributed by atoms with Crippen LogP contribution in [0.2, 0.25) is 0 Å². The molecular weight excluding hydrogens is 352 g/mol. The van der Waals surface area contributed by atoms with Gasteiger partial charge >= 0.3 is 0 Å². The molecule has 0 fully saturated rings. The predicted octanol–water partition coefficient (Wildman–Crippen LogP) is 3.94. The van der Waals surface area contributed by atoms with Crippen molar-refractivity contribution in [1.29, 1.82) is 0 Å². The SMILES string of the molecule is CCCCc1n[nH]c(=S)n1/N=C\c1ccc(OC)c(Br)c1. The normalized spacial score (nSPS) is 11.2. The topological polar surface area (TPSA) is 55.2 Å². The summed E-state index contributed by atoms with van der Waals surface area (Å²) in [6, 6.07) is 5.76. The number of hydrogen-bond donors (Lipinski definition) is 1. The van der Waals surface area contributed by atoms with Gasteiger partial charge < -0.3 is 4.74 Å². The first-order valence-electron chi connectivity index (χ1n) is 6.70. The van der Waals surface area contributed by atoms with Crippen molar-refractivity contribution in [3.8, 4) is 5.75 Å². The summed E-state index contributed by atoms with van der Waals surface area (Å²) >= 11 is 8.66. The summed E-state index contributed by atoms with van der Waals surface area (Å²) < 4.78 is 8.26. The highest BCUT2D eigenvalue weighted by molar-refractivity contribution is 9.10. The van der Waals surface area contributed by atoms with E-state index in [4.69, 9.17) is 17.0 Å². The van der Waals surface area contributed by atoms with E-state index in [1.807, 2.05) is 18.2 Å². The van der Waals surface area contributed by atoms with E-state index in [2.05, 4.69) is 38.2 Å². The van der Waals surface area contributed by atoms with E-state index in [0.717, 1.165) is 40.9 Å². The Bertz CT molecular complexity index is 693. The molecule has 0 aliphatic carbocycles. The van der Waals surface area contributed by atoms with Gasteiger partial charge in [-0.2, -0.15) is 14.9 Å². The average molecular weight is 369 g/mol. The number of hydrogen-bond acceptors (Lipinski definition) is 4. The predicted molar refractivity (Wildman–Crippen MR) is 89.7 cm³/mol. The molecular formula is C14H17BrN4OS. The minimum atomic E-state index is 0.505. The summed E-state index contributed by atoms with van der Waals surface area (Å²) in [6.45, 7) is 2.14. The number of nitrogens with zero attached hydrogens (tertiary/aromatic N) is 3. The molecule has 0 amide bonds. The maximum Gasteiger partial charge on any atom is 0.216 e. The maximum atomic E-state index is 5.21. The summed E-state index contributed by atoms with van der Waals surface area (Å²) in [5, 5.41) is 11.4. The number of aryl methyl sites for hydroxylation is 1. The molecule has 0 saturated carbocycles. The van der Waals surface area contributed by atoms with Gasteiger partial charge in [-0.25, -0.2) is 0 Å². The Labute approximate surface area is 137 Å². The van der Waals surface area contributed by atoms with Gasteiger partial charge in [0, 0.05) is 6.42 Å². The molecule has 1 aromatic heterocycles. The number of halogens is 1. The van der Waals surface area contributed by atoms with Crippen molar-refractivity contribution in [3.05, 3.63) is 38.8 Å². The Morgan fingerprint density at radius 3 is 3.00 bits per heavy atom. The number of methoxy groups -OCH3 is 1. The zero-order valence-corrected chi connectivity index (χ0v) is 14.4. The highest BCUT2D eigenvalue weighted by Gasteiger charge is 2.04. The standard InChI is InChI=1S/C14H17BrN4OS/c1-3-4-5-13-17-18-14(21)19(13)16-9-10-6-7-12(20-2)11(15)8-10/h6-9H,3-5H2,1-2H3,(H,18,21)/b16-9-. The van der Waals surface area contributed by atoms with Crippen molar-refractivity contribution >= 4 is 34.4 Å². The first-order valence-corrected chi connectivity index (χ1v) is 7.90. The smallest absolute Gasteiger partial charge is 0.216 e. The number of benzene rings is 1. The van der Waals surface area contributed by atoms with Crippen LogP contribution in [0.15, 0.2) is 27.8 Å². The fourth-order valence-electron chi connectivity index (χ4n) is 1.83. The lowest BCUT2D eigenvalue weighted by atomic mass is 10.2. The van der Waals surface area contributed by atoms with Crippen molar-refractivity contribution in [1.82, 2.24) is 14.9 Å². The van der Waals surface area contributed by atoms with Crippen molar-refractivity contribution in [2.75, 3.05) is 7.11 Å². The third-order valence-electron chi connectivity index (χ3n) is 2.97. The van der Waals surface area contributed by atoms with Gasteiger partial charge in [-0.1, -0.05) is 13.3 Å². The second kappa shape index (κ2) is 7.51. The number of aromatic nitrogens is 3. The van der Waals surface area contributed by atoms with E-state index < -0.39 is 0 Å². The van der Waals surface area contributed by atoms with Crippen LogP contribution in [-0.2, 0) is 6.42 Å². The van der Waals surface area contributed by atoms with Gasteiger partial charge in [0.15, 0.2) is 5.82 Å². The Kier molecular flexibility index (Phi) is 5.69. The van der Waals surface area contributed by atoms with Crippen LogP contribution in [-0.4, -0.2) is 28.2 Å². The molecule has 0 saturated heterocycles. The highest BCUT2D eigenvalue weighted by Crippen LogP contribution is 2.24. The molecule has 7 heteroatoms. The molecule has 0 radical (unpaired) electrons. The second-order valence-corrected chi connectivity index (χ2v) is 5.74. The van der Waals surface area contributed by atoms with E-state index in [-0.39, 0.29) is 0 Å². The third kappa shape index (κ3) is 4.01. The van der Waals surface area contributed by atoms with Crippen molar-refractivity contribution < 1.29 is 4.74 Å². The fourth-order valence-corrected chi connectivity index (χ4v) is 2.58. The zero-order valence-electron chi connectivity index (χ0n) is 12.0. The number of aromatic amines is 1. The molecule has 0 aliphatic rings. The molecule has 2 aromatic rings. The van der Waals surface area contributed by atoms with Crippen LogP contribution >= 0.6 is 28.1 Å². The molecule has 5 nitrogen and oxygen atoms in total. The summed E-state index contributed by atoms with van der Waals surface area (Å²) in [7, 11) is 1.64. The van der Waals surface area contributed by atoms with Crippen LogP contribution in [0.25, 0.3) is 0 Å². The third-order valence-corrected chi connectivity index (χ3v) is 3.85. The Morgan fingerprint density at radius 1 is 1.52 bits per heavy atom. The number of rotatable bonds is 6. The van der Waals surface area contributed by atoms with Gasteiger partial charge in [-0.05, 0) is 58.3 Å². The molecule has 21 heavy (non-hydrogen) atoms. The molecule has 1 aromatic carbocycles. The molecule has 1 heterocycles. The van der Waals surface area contributed by atoms with Gasteiger partial charge in [0.25, 0.3) is 0 Å². The van der Waals surface area contributed by atoms with E-state index in [1.54, 1.807) is 18.0 Å². The number of unbranched alkanes of at least 4 members (excludes halogenated alkanes) is 1. The van der Waals surface area contributed by atoms with E-state index in [1.165, 1.54) is 0 Å². The molecule has 112 valence electrons. The van der Waals surface area contributed by atoms with Gasteiger partial charge in [0.1, 0.15) is 5.75 Å². The number of H-pyrrole nitrogens is 1. The lowest BCUT2D eigenvalue weighted by Crippen LogP contribution is -1.99. The molecule has 0 bridgehead atoms. The van der Waals surface area contributed by atoms with Gasteiger partial charge in [0.2, 0.25) is 4.77 Å². The molecule has 0 spiro atoms. The van der Waals surface area contributed by atoms with E-state index in [0.29, 0.717) is 4.77 Å². The van der Waals surface area contributed by atoms with Gasteiger partial charge in [0.05, 0.1) is 17.8 Å². The van der Waals surface area contributed by atoms with E-state index in [9.17, 15) is 0 Å². The molecule has 1 N–H and O–H groups in total. The molecule has 0 atom stereocenters. The number of ether oxygens (including phenoxy) is 1. The van der Waals surface area contributed by atoms with Crippen molar-refractivity contribution in [2.45, 2.75) is 26.2 Å². The fraction of sp³-hybridized carbons (Fsp3) is 0.357. The monoisotopic (exact) mass is 368 g/mol. The minimum Gasteiger partial charge on any atom is -0.496 e. The summed E-state index contributed by atoms with van der Waals surface area (Å²) in [4.78, 5) is 0. The number of nitrogens with one attached hydrogen (secondary N) is 1. The maximum absolute atomic E-state index is 5.21. The first kappa shape index (κ1) is 15.9. The van der Waals surface area contributed by atoms with Gasteiger partial charge in [-0.15, -0.1) is 0 Å². The van der Waals surface area contributed by atoms with Crippen molar-refractivity contribution in [3.63, 3.8) is 0 Å². The lowest BCUT2D eigenvalue weighted by Gasteiger charge is -2.03. The zero-order chi connectivity index (χ0) is 15.2. The van der Waals surface area contributed by atoms with Crippen molar-refractivity contribution in [2.24, 2.45) is 5.10 Å². The van der Waals surface area contributed by atoms with Gasteiger partial charge in [-0.3, -0.25) is 5.10 Å². The second-order valence-electron chi connectivity index (χ2n) is 4.50. The summed E-state index contributed by atoms with van der Waals surface area (Å²) in [6.07, 6.45) is 4.77. The lowest BCUT2D eigenvalue weighted by molar-refractivity contribution is 0.412. The van der Waals surface area contributed by atoms with Crippen LogP contribution < -0.4 is 4.74 Å². The summed E-state index contributed by atoms with van der Waals surface area (Å²) in [5.41, 5.74) is 0.951. The summed E-state index contributed by atoms with van der Waals surface area (Å²) in [5.74, 6) is 1.64. The van der Waals surface area contributed by atoms with E-state index >= 15 is 0 Å². The quantitative estimate of drug-likeness (QED) is 0.620. The van der Waals surface area contributed by atoms with Crippen LogP contribution in [0.3, 0.4) is 0 Å².